The number of amides is 3. The third kappa shape index (κ3) is 4.29. The van der Waals surface area contributed by atoms with Crippen LogP contribution < -0.4 is 9.16 Å². The molecule has 2 atom stereocenters. The fourth-order valence-electron chi connectivity index (χ4n) is 5.56. The van der Waals surface area contributed by atoms with Gasteiger partial charge in [0.25, 0.3) is 5.91 Å². The Hall–Kier alpha value is -3.30. The molecular weight excluding hydrogens is 484 g/mol. The van der Waals surface area contributed by atoms with Crippen molar-refractivity contribution in [3.8, 4) is 11.5 Å². The lowest BCUT2D eigenvalue weighted by Gasteiger charge is -2.42. The number of fused-ring (bicyclic) bond motifs is 4. The molecule has 0 radical (unpaired) electrons. The van der Waals surface area contributed by atoms with Gasteiger partial charge in [0.05, 0.1) is 7.11 Å². The van der Waals surface area contributed by atoms with Crippen molar-refractivity contribution in [2.75, 3.05) is 34.3 Å². The number of nitrogens with zero attached hydrogens (tertiary/aromatic N) is 3. The third-order valence-corrected chi connectivity index (χ3v) is 8.09. The predicted octanol–water partition coefficient (Wildman–Crippen LogP) is 4.62. The van der Waals surface area contributed by atoms with Gasteiger partial charge in [-0.1, -0.05) is 12.1 Å². The largest absolute Gasteiger partial charge is 0.544 e. The number of hydrogen-bond donors (Lipinski definition) is 1. The summed E-state index contributed by atoms with van der Waals surface area (Å²) in [4.78, 5) is 36.6. The van der Waals surface area contributed by atoms with Gasteiger partial charge in [-0.2, -0.15) is 0 Å². The molecule has 8 nitrogen and oxygen atoms in total. The van der Waals surface area contributed by atoms with Crippen molar-refractivity contribution in [1.29, 1.82) is 0 Å². The monoisotopic (exact) mass is 520 g/mol. The number of hydrogen-bond acceptors (Lipinski definition) is 5. The molecule has 2 aliphatic heterocycles. The summed E-state index contributed by atoms with van der Waals surface area (Å²) in [5, 5.41) is 1.02. The van der Waals surface area contributed by atoms with E-state index in [9.17, 15) is 9.59 Å². The number of aromatic nitrogens is 1. The first-order valence-corrected chi connectivity index (χ1v) is 16.1. The van der Waals surface area contributed by atoms with E-state index in [-0.39, 0.29) is 11.9 Å². The van der Waals surface area contributed by atoms with Crippen LogP contribution >= 0.6 is 0 Å². The van der Waals surface area contributed by atoms with Gasteiger partial charge in [0.1, 0.15) is 23.1 Å². The molecule has 9 heteroatoms. The summed E-state index contributed by atoms with van der Waals surface area (Å²) >= 11 is 0. The zero-order valence-corrected chi connectivity index (χ0v) is 23.7. The molecule has 196 valence electrons. The lowest BCUT2D eigenvalue weighted by Crippen LogP contribution is -2.53. The van der Waals surface area contributed by atoms with Gasteiger partial charge in [0, 0.05) is 36.1 Å². The smallest absolute Gasteiger partial charge is 0.328 e. The minimum absolute atomic E-state index is 0.151. The number of methoxy groups -OCH3 is 1. The van der Waals surface area contributed by atoms with Crippen molar-refractivity contribution in [3.63, 3.8) is 0 Å². The van der Waals surface area contributed by atoms with Crippen molar-refractivity contribution >= 4 is 31.2 Å². The molecule has 0 bridgehead atoms. The molecule has 1 unspecified atom stereocenters. The Morgan fingerprint density at radius 2 is 1.86 bits per heavy atom. The number of urea groups is 1. The number of H-pyrrole nitrogens is 1. The van der Waals surface area contributed by atoms with Crippen LogP contribution in [0, 0.1) is 0 Å². The summed E-state index contributed by atoms with van der Waals surface area (Å²) in [5.41, 5.74) is 2.84. The predicted molar refractivity (Wildman–Crippen MR) is 147 cm³/mol. The molecule has 5 rings (SSSR count). The normalized spacial score (nSPS) is 21.6. The Morgan fingerprint density at radius 1 is 1.11 bits per heavy atom. The first-order valence-electron chi connectivity index (χ1n) is 12.7. The van der Waals surface area contributed by atoms with E-state index >= 15 is 0 Å². The van der Waals surface area contributed by atoms with Gasteiger partial charge in [-0.25, -0.2) is 4.79 Å². The fourth-order valence-corrected chi connectivity index (χ4v) is 6.40. The SMILES string of the molecule is COc1ccc2[nH]c3c(c2c1)C[C@@]1(C)C(=O)N(CCN(C)C)C(=O)N1C3c1cccc(O[Si](C)(C)C)c1. The maximum absolute atomic E-state index is 13.9. The highest BCUT2D eigenvalue weighted by Crippen LogP contribution is 2.49. The first-order chi connectivity index (χ1) is 17.4. The molecule has 3 heterocycles. The summed E-state index contributed by atoms with van der Waals surface area (Å²) < 4.78 is 11.8. The van der Waals surface area contributed by atoms with E-state index in [0.29, 0.717) is 19.5 Å². The maximum atomic E-state index is 13.9. The second kappa shape index (κ2) is 8.92. The quantitative estimate of drug-likeness (QED) is 0.363. The summed E-state index contributed by atoms with van der Waals surface area (Å²) in [6.07, 6.45) is 0.431. The van der Waals surface area contributed by atoms with Gasteiger partial charge in [0.15, 0.2) is 0 Å². The van der Waals surface area contributed by atoms with E-state index in [4.69, 9.17) is 9.16 Å². The topological polar surface area (TPSA) is 78.1 Å². The van der Waals surface area contributed by atoms with Crippen LogP contribution in [0.5, 0.6) is 11.5 Å². The summed E-state index contributed by atoms with van der Waals surface area (Å²) in [6, 6.07) is 13.2. The lowest BCUT2D eigenvalue weighted by molar-refractivity contribution is -0.133. The van der Waals surface area contributed by atoms with Crippen LogP contribution in [-0.4, -0.2) is 79.8 Å². The molecule has 37 heavy (non-hydrogen) atoms. The van der Waals surface area contributed by atoms with Crippen LogP contribution in [0.25, 0.3) is 10.9 Å². The van der Waals surface area contributed by atoms with Gasteiger partial charge in [-0.05, 0) is 82.1 Å². The number of ether oxygens (including phenoxy) is 1. The van der Waals surface area contributed by atoms with E-state index in [0.717, 1.165) is 39.2 Å². The van der Waals surface area contributed by atoms with Gasteiger partial charge in [-0.15, -0.1) is 0 Å². The average Bonchev–Trinajstić information content (AvgIpc) is 3.26. The zero-order chi connectivity index (χ0) is 26.7. The van der Waals surface area contributed by atoms with Crippen LogP contribution in [0.1, 0.15) is 29.8 Å². The van der Waals surface area contributed by atoms with Crippen LogP contribution in [0.4, 0.5) is 4.79 Å². The standard InChI is InChI=1S/C28H36N4O4Si/c1-28-17-22-21-16-19(35-4)11-12-23(21)29-24(22)25(18-9-8-10-20(15-18)36-37(5,6)7)32(28)27(34)31(26(28)33)14-13-30(2)3/h8-12,15-16,25,29H,13-14,17H2,1-7H3/t25?,28-/m0/s1. The second-order valence-electron chi connectivity index (χ2n) is 11.5. The molecule has 2 aliphatic rings. The van der Waals surface area contributed by atoms with E-state index < -0.39 is 19.9 Å². The molecule has 2 aromatic carbocycles. The number of rotatable bonds is 7. The van der Waals surface area contributed by atoms with Crippen LogP contribution in [0.15, 0.2) is 42.5 Å². The van der Waals surface area contributed by atoms with Gasteiger partial charge < -0.3 is 19.0 Å². The minimum atomic E-state index is -1.85. The molecule has 1 fully saturated rings. The minimum Gasteiger partial charge on any atom is -0.544 e. The Bertz CT molecular complexity index is 1380. The van der Waals surface area contributed by atoms with Gasteiger partial charge in [0.2, 0.25) is 8.32 Å². The number of carbonyl (C=O) groups excluding carboxylic acids is 2. The molecule has 3 aromatic rings. The van der Waals surface area contributed by atoms with Crippen LogP contribution in [0.2, 0.25) is 19.6 Å². The molecule has 1 N–H and O–H groups in total. The molecule has 0 spiro atoms. The van der Waals surface area contributed by atoms with Gasteiger partial charge >= 0.3 is 6.03 Å². The molecule has 0 aliphatic carbocycles. The van der Waals surface area contributed by atoms with Gasteiger partial charge in [-0.3, -0.25) is 14.6 Å². The first kappa shape index (κ1) is 25.4. The van der Waals surface area contributed by atoms with Crippen molar-refractivity contribution < 1.29 is 18.8 Å². The molecule has 1 aromatic heterocycles. The summed E-state index contributed by atoms with van der Waals surface area (Å²) in [5.74, 6) is 1.39. The molecule has 0 saturated carbocycles. The lowest BCUT2D eigenvalue weighted by atomic mass is 9.81. The molecule has 3 amide bonds. The number of benzene rings is 2. The highest BCUT2D eigenvalue weighted by atomic mass is 28.4. The van der Waals surface area contributed by atoms with Crippen LogP contribution in [-0.2, 0) is 11.2 Å². The highest BCUT2D eigenvalue weighted by Gasteiger charge is 2.60. The highest BCUT2D eigenvalue weighted by molar-refractivity contribution is 6.70. The van der Waals surface area contributed by atoms with Crippen molar-refractivity contribution in [3.05, 3.63) is 59.3 Å². The average molecular weight is 521 g/mol. The maximum Gasteiger partial charge on any atom is 0.328 e. The Labute approximate surface area is 219 Å². The summed E-state index contributed by atoms with van der Waals surface area (Å²) in [7, 11) is 3.69. The summed E-state index contributed by atoms with van der Waals surface area (Å²) in [6.45, 7) is 9.30. The second-order valence-corrected chi connectivity index (χ2v) is 15.9. The number of nitrogens with one attached hydrogen (secondary N) is 1. The molecule has 1 saturated heterocycles. The van der Waals surface area contributed by atoms with E-state index in [1.54, 1.807) is 12.0 Å². The Morgan fingerprint density at radius 3 is 2.54 bits per heavy atom. The van der Waals surface area contributed by atoms with Crippen molar-refractivity contribution in [2.24, 2.45) is 0 Å². The van der Waals surface area contributed by atoms with E-state index in [2.05, 4.69) is 24.6 Å². The third-order valence-electron chi connectivity index (χ3n) is 7.24. The van der Waals surface area contributed by atoms with E-state index in [1.807, 2.05) is 68.4 Å². The van der Waals surface area contributed by atoms with Crippen LogP contribution in [0.3, 0.4) is 0 Å². The Kier molecular flexibility index (Phi) is 6.11. The number of carbonyl (C=O) groups is 2. The van der Waals surface area contributed by atoms with Crippen molar-refractivity contribution in [2.45, 2.75) is 44.6 Å². The van der Waals surface area contributed by atoms with E-state index in [1.165, 1.54) is 4.90 Å². The number of likely N-dealkylation sites (N-methyl/N-ethyl adjacent to an activating group) is 1. The number of imide groups is 1. The van der Waals surface area contributed by atoms with Crippen molar-refractivity contribution in [1.82, 2.24) is 19.7 Å². The Balaban J connectivity index is 1.69. The molecular formula is C28H36N4O4Si. The number of aromatic amines is 1. The zero-order valence-electron chi connectivity index (χ0n) is 22.7. The fraction of sp³-hybridized carbons (Fsp3) is 0.429.